The van der Waals surface area contributed by atoms with Gasteiger partial charge in [0.25, 0.3) is 5.56 Å². The summed E-state index contributed by atoms with van der Waals surface area (Å²) in [6.07, 6.45) is 4.12. The van der Waals surface area contributed by atoms with Crippen LogP contribution in [0.4, 0.5) is 0 Å². The Bertz CT molecular complexity index is 1280. The van der Waals surface area contributed by atoms with Crippen molar-refractivity contribution in [2.45, 2.75) is 32.6 Å². The number of fused-ring (bicyclic) bond motifs is 2. The summed E-state index contributed by atoms with van der Waals surface area (Å²) in [5.41, 5.74) is 5.15. The quantitative estimate of drug-likeness (QED) is 0.571. The van der Waals surface area contributed by atoms with E-state index < -0.39 is 0 Å². The van der Waals surface area contributed by atoms with Gasteiger partial charge in [-0.3, -0.25) is 9.78 Å². The van der Waals surface area contributed by atoms with Crippen LogP contribution in [-0.2, 0) is 0 Å². The summed E-state index contributed by atoms with van der Waals surface area (Å²) in [4.78, 5) is 27.3. The van der Waals surface area contributed by atoms with Gasteiger partial charge < -0.3 is 9.88 Å². The predicted octanol–water partition coefficient (Wildman–Crippen LogP) is 3.06. The Morgan fingerprint density at radius 2 is 1.90 bits per heavy atom. The summed E-state index contributed by atoms with van der Waals surface area (Å²) < 4.78 is 1.79. The largest absolute Gasteiger partial charge is 0.306 e. The number of benzene rings is 1. The molecular formula is C22H24N6O. The van der Waals surface area contributed by atoms with Crippen LogP contribution < -0.4 is 5.56 Å². The van der Waals surface area contributed by atoms with Gasteiger partial charge in [-0.25, -0.2) is 9.50 Å². The molecule has 29 heavy (non-hydrogen) atoms. The molecule has 0 unspecified atom stereocenters. The van der Waals surface area contributed by atoms with E-state index in [1.54, 1.807) is 4.52 Å². The second kappa shape index (κ2) is 6.77. The van der Waals surface area contributed by atoms with Crippen LogP contribution in [-0.4, -0.2) is 49.6 Å². The normalized spacial score (nSPS) is 16.1. The zero-order valence-electron chi connectivity index (χ0n) is 16.9. The first kappa shape index (κ1) is 18.0. The third-order valence-corrected chi connectivity index (χ3v) is 5.92. The molecule has 0 bridgehead atoms. The van der Waals surface area contributed by atoms with Crippen LogP contribution in [0.25, 0.3) is 27.9 Å². The van der Waals surface area contributed by atoms with Crippen molar-refractivity contribution in [2.24, 2.45) is 0 Å². The minimum atomic E-state index is -0.122. The molecule has 1 aliphatic rings. The zero-order valence-corrected chi connectivity index (χ0v) is 16.9. The van der Waals surface area contributed by atoms with Crippen molar-refractivity contribution in [3.8, 4) is 11.5 Å². The highest BCUT2D eigenvalue weighted by molar-refractivity contribution is 5.80. The van der Waals surface area contributed by atoms with Crippen LogP contribution in [0, 0.1) is 13.8 Å². The van der Waals surface area contributed by atoms with E-state index in [0.717, 1.165) is 42.8 Å². The molecule has 1 aliphatic heterocycles. The van der Waals surface area contributed by atoms with Crippen molar-refractivity contribution in [3.63, 3.8) is 0 Å². The maximum absolute atomic E-state index is 12.8. The molecule has 5 rings (SSSR count). The Kier molecular flexibility index (Phi) is 4.20. The highest BCUT2D eigenvalue weighted by Crippen LogP contribution is 2.29. The zero-order chi connectivity index (χ0) is 20.1. The Balaban J connectivity index is 1.56. The fourth-order valence-electron chi connectivity index (χ4n) is 4.28. The summed E-state index contributed by atoms with van der Waals surface area (Å²) in [6, 6.07) is 8.02. The minimum absolute atomic E-state index is 0.122. The number of nitrogens with one attached hydrogen (secondary N) is 1. The van der Waals surface area contributed by atoms with Gasteiger partial charge in [-0.2, -0.15) is 5.10 Å². The Morgan fingerprint density at radius 3 is 2.69 bits per heavy atom. The lowest BCUT2D eigenvalue weighted by atomic mass is 9.89. The molecule has 4 aromatic rings. The van der Waals surface area contributed by atoms with E-state index in [0.29, 0.717) is 28.3 Å². The smallest absolute Gasteiger partial charge is 0.259 e. The first-order valence-electron chi connectivity index (χ1n) is 10.0. The van der Waals surface area contributed by atoms with Crippen molar-refractivity contribution in [3.05, 3.63) is 57.8 Å². The maximum atomic E-state index is 12.8. The van der Waals surface area contributed by atoms with E-state index in [9.17, 15) is 4.79 Å². The maximum Gasteiger partial charge on any atom is 0.259 e. The number of hydrogen-bond donors (Lipinski definition) is 1. The lowest BCUT2D eigenvalue weighted by molar-refractivity contribution is 0.255. The lowest BCUT2D eigenvalue weighted by Crippen LogP contribution is -2.29. The number of rotatable bonds is 2. The molecule has 1 N–H and O–H groups in total. The highest BCUT2D eigenvalue weighted by Gasteiger charge is 2.19. The van der Waals surface area contributed by atoms with Crippen LogP contribution in [0.1, 0.15) is 35.7 Å². The SMILES string of the molecule is Cc1cn2nc(-c3nc4ccc(C5CCN(C)CC5)cc4c(=O)[nH]3)cc2c(C)n1. The van der Waals surface area contributed by atoms with Crippen LogP contribution in [0.15, 0.2) is 35.3 Å². The van der Waals surface area contributed by atoms with Gasteiger partial charge in [0.2, 0.25) is 0 Å². The Labute approximate surface area is 168 Å². The average molecular weight is 388 g/mol. The minimum Gasteiger partial charge on any atom is -0.306 e. The van der Waals surface area contributed by atoms with Crippen LogP contribution in [0.5, 0.6) is 0 Å². The van der Waals surface area contributed by atoms with Crippen molar-refractivity contribution < 1.29 is 0 Å². The van der Waals surface area contributed by atoms with Gasteiger partial charge in [0.05, 0.1) is 34.0 Å². The van der Waals surface area contributed by atoms with E-state index in [1.807, 2.05) is 38.2 Å². The lowest BCUT2D eigenvalue weighted by Gasteiger charge is -2.29. The van der Waals surface area contributed by atoms with Crippen LogP contribution in [0.3, 0.4) is 0 Å². The van der Waals surface area contributed by atoms with Crippen LogP contribution in [0.2, 0.25) is 0 Å². The molecule has 1 fully saturated rings. The molecule has 7 nitrogen and oxygen atoms in total. The monoisotopic (exact) mass is 388 g/mol. The van der Waals surface area contributed by atoms with Gasteiger partial charge in [-0.05, 0) is 76.5 Å². The molecule has 148 valence electrons. The molecule has 0 radical (unpaired) electrons. The average Bonchev–Trinajstić information content (AvgIpc) is 3.13. The third-order valence-electron chi connectivity index (χ3n) is 5.92. The Morgan fingerprint density at radius 1 is 1.10 bits per heavy atom. The second-order valence-corrected chi connectivity index (χ2v) is 8.10. The summed E-state index contributed by atoms with van der Waals surface area (Å²) in [5.74, 6) is 0.988. The Hall–Kier alpha value is -3.06. The van der Waals surface area contributed by atoms with E-state index in [-0.39, 0.29) is 5.56 Å². The second-order valence-electron chi connectivity index (χ2n) is 8.10. The molecule has 0 atom stereocenters. The number of nitrogens with zero attached hydrogens (tertiary/aromatic N) is 5. The third kappa shape index (κ3) is 3.21. The van der Waals surface area contributed by atoms with Crippen molar-refractivity contribution in [2.75, 3.05) is 20.1 Å². The van der Waals surface area contributed by atoms with Crippen molar-refractivity contribution in [1.29, 1.82) is 0 Å². The first-order valence-corrected chi connectivity index (χ1v) is 10.0. The fourth-order valence-corrected chi connectivity index (χ4v) is 4.28. The van der Waals surface area contributed by atoms with E-state index in [1.165, 1.54) is 5.56 Å². The molecule has 1 saturated heterocycles. The highest BCUT2D eigenvalue weighted by atomic mass is 16.1. The molecule has 0 spiro atoms. The molecule has 4 heterocycles. The molecule has 0 amide bonds. The number of aromatic nitrogens is 5. The number of aryl methyl sites for hydroxylation is 2. The molecule has 7 heteroatoms. The van der Waals surface area contributed by atoms with Gasteiger partial charge in [-0.1, -0.05) is 6.07 Å². The molecule has 3 aromatic heterocycles. The summed E-state index contributed by atoms with van der Waals surface area (Å²) in [5, 5.41) is 5.23. The number of hydrogen-bond acceptors (Lipinski definition) is 5. The van der Waals surface area contributed by atoms with Gasteiger partial charge >= 0.3 is 0 Å². The predicted molar refractivity (Wildman–Crippen MR) is 113 cm³/mol. The molecule has 0 saturated carbocycles. The van der Waals surface area contributed by atoms with Crippen molar-refractivity contribution in [1.82, 2.24) is 29.5 Å². The van der Waals surface area contributed by atoms with Gasteiger partial charge in [0.1, 0.15) is 5.69 Å². The fraction of sp³-hybridized carbons (Fsp3) is 0.364. The number of piperidine rings is 1. The molecule has 1 aromatic carbocycles. The van der Waals surface area contributed by atoms with Crippen LogP contribution >= 0.6 is 0 Å². The van der Waals surface area contributed by atoms with E-state index in [4.69, 9.17) is 4.98 Å². The summed E-state index contributed by atoms with van der Waals surface area (Å²) >= 11 is 0. The summed E-state index contributed by atoms with van der Waals surface area (Å²) in [7, 11) is 2.16. The number of aromatic amines is 1. The summed E-state index contributed by atoms with van der Waals surface area (Å²) in [6.45, 7) is 6.08. The molecular weight excluding hydrogens is 364 g/mol. The van der Waals surface area contributed by atoms with Gasteiger partial charge in [0, 0.05) is 0 Å². The number of likely N-dealkylation sites (tertiary alicyclic amines) is 1. The van der Waals surface area contributed by atoms with Gasteiger partial charge in [0.15, 0.2) is 5.82 Å². The van der Waals surface area contributed by atoms with Gasteiger partial charge in [-0.15, -0.1) is 0 Å². The topological polar surface area (TPSA) is 79.2 Å². The first-order chi connectivity index (χ1) is 14.0. The van der Waals surface area contributed by atoms with E-state index in [2.05, 4.69) is 33.1 Å². The van der Waals surface area contributed by atoms with E-state index >= 15 is 0 Å². The number of H-pyrrole nitrogens is 1. The standard InChI is InChI=1S/C22H24N6O/c1-13-12-28-20(14(2)23-13)11-19(26-28)21-24-18-5-4-16(10-17(18)22(29)25-21)15-6-8-27(3)9-7-15/h4-5,10-12,15H,6-9H2,1-3H3,(H,24,25,29). The molecule has 0 aliphatic carbocycles. The van der Waals surface area contributed by atoms with Crippen molar-refractivity contribution >= 4 is 16.4 Å².